The van der Waals surface area contributed by atoms with Crippen molar-refractivity contribution in [3.8, 4) is 0 Å². The highest BCUT2D eigenvalue weighted by molar-refractivity contribution is 6.36. The van der Waals surface area contributed by atoms with Crippen molar-refractivity contribution in [1.82, 2.24) is 38.3 Å². The Bertz CT molecular complexity index is 3680. The van der Waals surface area contributed by atoms with E-state index in [1.54, 1.807) is 182 Å². The van der Waals surface area contributed by atoms with Gasteiger partial charge in [-0.3, -0.25) is 42.5 Å². The summed E-state index contributed by atoms with van der Waals surface area (Å²) in [5, 5.41) is 8.96. The van der Waals surface area contributed by atoms with Gasteiger partial charge in [0.05, 0.1) is 65.4 Å². The number of carbonyl (C=O) groups excluding carboxylic acids is 8. The number of hydrazine groups is 1. The number of H-pyrrole nitrogens is 1. The van der Waals surface area contributed by atoms with E-state index >= 15 is 0 Å². The predicted octanol–water partition coefficient (Wildman–Crippen LogP) is 7.70. The SMILES string of the molecule is C.C.C.CCOC(=O)C(=CNn1cccc1)C(=O)OCC.CCOC(=O)c1c[nH]n2cccc2c1=O.CCOC(=O)c1cnn2cccc2c1Cl.NN1C(=O)c2ccccc2C1=O.Nn1cccc1.O=C1c2ccccc2C(=O)N1n1cccc1. The van der Waals surface area contributed by atoms with E-state index in [2.05, 4.69) is 15.6 Å². The number of ether oxygens (including phenoxy) is 4. The Balaban J connectivity index is 0.000000270. The maximum Gasteiger partial charge on any atom is 0.347 e. The van der Waals surface area contributed by atoms with Crippen LogP contribution in [0.15, 0.2) is 188 Å². The van der Waals surface area contributed by atoms with E-state index < -0.39 is 35.7 Å². The lowest BCUT2D eigenvalue weighted by Crippen LogP contribution is -2.38. The molecule has 0 fully saturated rings. The molecule has 2 aliphatic rings. The van der Waals surface area contributed by atoms with E-state index in [9.17, 15) is 43.2 Å². The third-order valence-electron chi connectivity index (χ3n) is 11.1. The molecule has 85 heavy (non-hydrogen) atoms. The summed E-state index contributed by atoms with van der Waals surface area (Å²) in [7, 11) is 0. The minimum atomic E-state index is -0.712. The first-order chi connectivity index (χ1) is 39.6. The maximum atomic E-state index is 12.0. The number of nitrogens with one attached hydrogen (secondary N) is 2. The Labute approximate surface area is 493 Å². The largest absolute Gasteiger partial charge is 0.462 e. The van der Waals surface area contributed by atoms with Crippen LogP contribution in [0.25, 0.3) is 11.0 Å². The number of rotatable bonds is 11. The van der Waals surface area contributed by atoms with Gasteiger partial charge >= 0.3 is 23.9 Å². The summed E-state index contributed by atoms with van der Waals surface area (Å²) in [5.41, 5.74) is 5.39. The number of carbonyl (C=O) groups is 8. The first kappa shape index (κ1) is 68.5. The number of fused-ring (bicyclic) bond motifs is 4. The molecule has 0 saturated heterocycles. The first-order valence-corrected chi connectivity index (χ1v) is 25.2. The third kappa shape index (κ3) is 17.1. The van der Waals surface area contributed by atoms with E-state index in [4.69, 9.17) is 42.2 Å². The van der Waals surface area contributed by atoms with Gasteiger partial charge in [0, 0.05) is 62.0 Å². The molecule has 0 atom stereocenters. The first-order valence-electron chi connectivity index (χ1n) is 24.9. The summed E-state index contributed by atoms with van der Waals surface area (Å²) in [5.74, 6) is 6.50. The Hall–Kier alpha value is -10.8. The Kier molecular flexibility index (Phi) is 26.8. The van der Waals surface area contributed by atoms with Gasteiger partial charge < -0.3 is 35.3 Å². The fourth-order valence-electron chi connectivity index (χ4n) is 7.27. The highest BCUT2D eigenvalue weighted by Crippen LogP contribution is 2.23. The summed E-state index contributed by atoms with van der Waals surface area (Å²) >= 11 is 6.05. The number of nitrogen functional groups attached to an aromatic ring is 1. The number of benzene rings is 2. The molecule has 448 valence electrons. The van der Waals surface area contributed by atoms with Crippen LogP contribution >= 0.6 is 11.6 Å². The number of nitrogens with two attached hydrogens (primary N) is 2. The van der Waals surface area contributed by atoms with Crippen LogP contribution in [0.2, 0.25) is 5.02 Å². The molecular weight excluding hydrogens is 1120 g/mol. The fourth-order valence-corrected chi connectivity index (χ4v) is 7.54. The second-order valence-corrected chi connectivity index (χ2v) is 16.7. The number of esters is 4. The number of halogens is 1. The number of amides is 4. The molecule has 11 rings (SSSR count). The van der Waals surface area contributed by atoms with Gasteiger partial charge in [-0.2, -0.15) is 10.1 Å². The molecule has 9 aromatic rings. The van der Waals surface area contributed by atoms with Gasteiger partial charge in [-0.1, -0.05) is 58.1 Å². The van der Waals surface area contributed by atoms with Crippen molar-refractivity contribution in [2.75, 3.05) is 42.7 Å². The lowest BCUT2D eigenvalue weighted by molar-refractivity contribution is -0.146. The highest BCUT2D eigenvalue weighted by atomic mass is 35.5. The molecule has 0 bridgehead atoms. The average Bonchev–Trinajstić information content (AvgIpc) is 2.35. The van der Waals surface area contributed by atoms with Gasteiger partial charge in [0.25, 0.3) is 23.6 Å². The molecule has 0 spiro atoms. The maximum absolute atomic E-state index is 12.0. The van der Waals surface area contributed by atoms with E-state index in [1.165, 1.54) is 27.9 Å². The van der Waals surface area contributed by atoms with Crippen molar-refractivity contribution in [3.63, 3.8) is 0 Å². The summed E-state index contributed by atoms with van der Waals surface area (Å²) in [6.45, 7) is 7.74. The summed E-state index contributed by atoms with van der Waals surface area (Å²) < 4.78 is 26.9. The molecule has 0 saturated carbocycles. The van der Waals surface area contributed by atoms with Crippen LogP contribution in [0.3, 0.4) is 0 Å². The van der Waals surface area contributed by atoms with Gasteiger partial charge in [-0.15, -0.1) is 0 Å². The van der Waals surface area contributed by atoms with E-state index in [0.29, 0.717) is 55.5 Å². The molecule has 25 nitrogen and oxygen atoms in total. The Morgan fingerprint density at radius 2 is 1.00 bits per heavy atom. The van der Waals surface area contributed by atoms with Crippen LogP contribution in [0.5, 0.6) is 0 Å². The number of hydrogen-bond donors (Lipinski definition) is 4. The van der Waals surface area contributed by atoms with Crippen molar-refractivity contribution >= 4 is 70.1 Å². The Morgan fingerprint density at radius 1 is 0.553 bits per heavy atom. The lowest BCUT2D eigenvalue weighted by atomic mass is 10.1. The standard InChI is InChI=1S/C12H16N2O4.C12H8N2O2.C10H9ClN2O2.C10H10N2O3.C8H6N2O2.C4H6N2.3CH4/c1-3-17-11(15)10(12(16)18-4-2)9-13-14-7-5-6-8-14;15-11-9-5-1-2-6-10(9)12(16)14(11)13-7-3-4-8-13;1-2-15-10(14)7-6-12-13-5-3-4-8(13)9(7)11;1-2-15-10(14)7-6-11-12-5-3-4-8(12)9(7)13;9-10-7(11)5-3-1-2-4-6(5)8(10)12;5-6-3-1-2-4-6;;;/h5-9,13H,3-4H2,1-2H3;1-8H;3-6H,2H2,1H3;3-6,11H,2H2,1H3;1-4H,9H2;1-4H,5H2;3*1H4. The van der Waals surface area contributed by atoms with Crippen LogP contribution < -0.4 is 27.5 Å². The van der Waals surface area contributed by atoms with Gasteiger partial charge in [0.15, 0.2) is 5.57 Å². The number of nitrogens with zero attached hydrogens (tertiary/aromatic N) is 8. The van der Waals surface area contributed by atoms with Crippen LogP contribution in [0.4, 0.5) is 0 Å². The Morgan fingerprint density at radius 3 is 1.48 bits per heavy atom. The van der Waals surface area contributed by atoms with Gasteiger partial charge in [-0.05, 0) is 113 Å². The molecule has 7 aromatic heterocycles. The molecule has 4 amide bonds. The van der Waals surface area contributed by atoms with Crippen LogP contribution in [0, 0.1) is 0 Å². The second kappa shape index (κ2) is 33.2. The lowest BCUT2D eigenvalue weighted by Gasteiger charge is -2.14. The molecule has 9 heterocycles. The number of aromatic nitrogens is 7. The fraction of sp³-hybridized carbons (Fsp3) is 0.186. The van der Waals surface area contributed by atoms with E-state index in [0.717, 1.165) is 5.01 Å². The van der Waals surface area contributed by atoms with Crippen molar-refractivity contribution < 1.29 is 57.3 Å². The second-order valence-electron chi connectivity index (χ2n) is 16.3. The molecule has 0 aliphatic carbocycles. The third-order valence-corrected chi connectivity index (χ3v) is 11.5. The molecule has 2 aromatic carbocycles. The monoisotopic (exact) mass is 1190 g/mol. The van der Waals surface area contributed by atoms with E-state index in [-0.39, 0.29) is 70.5 Å². The van der Waals surface area contributed by atoms with Crippen LogP contribution in [-0.4, -0.2) is 112 Å². The van der Waals surface area contributed by atoms with Gasteiger partial charge in [0.2, 0.25) is 5.43 Å². The topological polar surface area (TPSA) is 313 Å². The van der Waals surface area contributed by atoms with Crippen LogP contribution in [0.1, 0.15) is 112 Å². The molecule has 6 N–H and O–H groups in total. The molecule has 0 unspecified atom stereocenters. The number of hydrogen-bond acceptors (Lipinski definition) is 17. The minimum absolute atomic E-state index is 0. The predicted molar refractivity (Wildman–Crippen MR) is 319 cm³/mol. The summed E-state index contributed by atoms with van der Waals surface area (Å²) in [6.07, 6.45) is 17.8. The van der Waals surface area contributed by atoms with Crippen molar-refractivity contribution in [3.05, 3.63) is 232 Å². The summed E-state index contributed by atoms with van der Waals surface area (Å²) in [4.78, 5) is 104. The zero-order chi connectivity index (χ0) is 59.3. The van der Waals surface area contributed by atoms with Crippen molar-refractivity contribution in [1.29, 1.82) is 0 Å². The van der Waals surface area contributed by atoms with Gasteiger partial charge in [-0.25, -0.2) is 34.5 Å². The quantitative estimate of drug-likeness (QED) is 0.0141. The van der Waals surface area contributed by atoms with Crippen LogP contribution in [-0.2, 0) is 28.5 Å². The van der Waals surface area contributed by atoms with Crippen molar-refractivity contribution in [2.45, 2.75) is 50.0 Å². The zero-order valence-corrected chi connectivity index (χ0v) is 45.2. The van der Waals surface area contributed by atoms with Crippen molar-refractivity contribution in [2.24, 2.45) is 5.84 Å². The molecular formula is C59H67ClN12O13. The van der Waals surface area contributed by atoms with Gasteiger partial charge in [0.1, 0.15) is 16.6 Å². The minimum Gasteiger partial charge on any atom is -0.462 e. The molecule has 2 aliphatic heterocycles. The number of aromatic amines is 1. The highest BCUT2D eigenvalue weighted by Gasteiger charge is 2.36. The molecule has 0 radical (unpaired) electrons. The summed E-state index contributed by atoms with van der Waals surface area (Å²) in [6, 6.07) is 31.3. The zero-order valence-electron chi connectivity index (χ0n) is 44.5. The smallest absolute Gasteiger partial charge is 0.347 e. The number of imide groups is 2. The molecule has 26 heteroatoms. The average molecular weight is 1190 g/mol. The normalized spacial score (nSPS) is 11.2. The van der Waals surface area contributed by atoms with E-state index in [1.807, 2.05) is 18.2 Å².